The fraction of sp³-hybridized carbons (Fsp3) is 0.538. The molecule has 0 aromatic carbocycles. The normalized spacial score (nSPS) is 10.1. The number of amides is 1. The lowest BCUT2D eigenvalue weighted by molar-refractivity contribution is 0.0968. The van der Waals surface area contributed by atoms with E-state index in [1.807, 2.05) is 6.07 Å². The monoisotopic (exact) mass is 296 g/mol. The first-order chi connectivity index (χ1) is 9.65. The van der Waals surface area contributed by atoms with Gasteiger partial charge < -0.3 is 21.1 Å². The van der Waals surface area contributed by atoms with Crippen LogP contribution in [0.15, 0.2) is 0 Å². The van der Waals surface area contributed by atoms with Gasteiger partial charge in [-0.15, -0.1) is 11.3 Å². The Labute approximate surface area is 122 Å². The standard InChI is InChI=1S/C13H20N4O2S/c1-16-12(18)11-10(15)9(8-14)13(20-11)17-6-4-3-5-7-19-2/h17H,3-7,15H2,1-2H3,(H,16,18). The molecule has 1 aromatic rings. The highest BCUT2D eigenvalue weighted by Crippen LogP contribution is 2.35. The molecule has 110 valence electrons. The number of nitrogens with zero attached hydrogens (tertiary/aromatic N) is 1. The number of carbonyl (C=O) groups excluding carboxylic acids is 1. The fourth-order valence-electron chi connectivity index (χ4n) is 1.71. The molecule has 0 saturated carbocycles. The molecule has 7 heteroatoms. The highest BCUT2D eigenvalue weighted by Gasteiger charge is 2.19. The number of hydrogen-bond donors (Lipinski definition) is 3. The van der Waals surface area contributed by atoms with Crippen LogP contribution >= 0.6 is 11.3 Å². The minimum Gasteiger partial charge on any atom is -0.396 e. The van der Waals surface area contributed by atoms with Crippen molar-refractivity contribution in [3.05, 3.63) is 10.4 Å². The number of hydrogen-bond acceptors (Lipinski definition) is 6. The molecule has 0 spiro atoms. The zero-order chi connectivity index (χ0) is 15.0. The Balaban J connectivity index is 2.62. The highest BCUT2D eigenvalue weighted by atomic mass is 32.1. The second kappa shape index (κ2) is 8.40. The maximum Gasteiger partial charge on any atom is 0.263 e. The van der Waals surface area contributed by atoms with E-state index in [-0.39, 0.29) is 11.6 Å². The van der Waals surface area contributed by atoms with Crippen LogP contribution in [-0.2, 0) is 4.74 Å². The van der Waals surface area contributed by atoms with Gasteiger partial charge >= 0.3 is 0 Å². The average Bonchev–Trinajstić information content (AvgIpc) is 2.78. The Hall–Kier alpha value is -1.78. The third-order valence-corrected chi connectivity index (χ3v) is 3.96. The Morgan fingerprint density at radius 3 is 2.80 bits per heavy atom. The molecule has 0 saturated heterocycles. The molecule has 1 aromatic heterocycles. The van der Waals surface area contributed by atoms with E-state index in [9.17, 15) is 4.79 Å². The lowest BCUT2D eigenvalue weighted by atomic mass is 10.2. The quantitative estimate of drug-likeness (QED) is 0.635. The molecule has 6 nitrogen and oxygen atoms in total. The number of nitrogen functional groups attached to an aromatic ring is 1. The summed E-state index contributed by atoms with van der Waals surface area (Å²) in [6.07, 6.45) is 3.03. The summed E-state index contributed by atoms with van der Waals surface area (Å²) in [5, 5.41) is 15.5. The van der Waals surface area contributed by atoms with E-state index in [2.05, 4.69) is 10.6 Å². The lowest BCUT2D eigenvalue weighted by Crippen LogP contribution is -2.17. The summed E-state index contributed by atoms with van der Waals surface area (Å²) in [4.78, 5) is 12.0. The maximum absolute atomic E-state index is 11.6. The largest absolute Gasteiger partial charge is 0.396 e. The van der Waals surface area contributed by atoms with Crippen molar-refractivity contribution in [2.75, 3.05) is 38.4 Å². The van der Waals surface area contributed by atoms with Gasteiger partial charge in [0.25, 0.3) is 5.91 Å². The molecule has 20 heavy (non-hydrogen) atoms. The molecule has 0 aliphatic carbocycles. The van der Waals surface area contributed by atoms with E-state index in [4.69, 9.17) is 15.7 Å². The number of nitrogens with two attached hydrogens (primary N) is 1. The van der Waals surface area contributed by atoms with Crippen LogP contribution in [0.4, 0.5) is 10.7 Å². The van der Waals surface area contributed by atoms with E-state index < -0.39 is 0 Å². The van der Waals surface area contributed by atoms with Gasteiger partial charge in [-0.05, 0) is 19.3 Å². The Kier molecular flexibility index (Phi) is 6.84. The number of carbonyl (C=O) groups is 1. The van der Waals surface area contributed by atoms with Crippen LogP contribution in [0.3, 0.4) is 0 Å². The summed E-state index contributed by atoms with van der Waals surface area (Å²) >= 11 is 1.22. The van der Waals surface area contributed by atoms with Crippen molar-refractivity contribution in [3.63, 3.8) is 0 Å². The van der Waals surface area contributed by atoms with Gasteiger partial charge in [0.05, 0.1) is 5.69 Å². The van der Waals surface area contributed by atoms with Crippen LogP contribution in [0, 0.1) is 11.3 Å². The Morgan fingerprint density at radius 1 is 1.45 bits per heavy atom. The van der Waals surface area contributed by atoms with Crippen molar-refractivity contribution >= 4 is 27.9 Å². The first kappa shape index (κ1) is 16.3. The van der Waals surface area contributed by atoms with E-state index in [1.165, 1.54) is 18.4 Å². The van der Waals surface area contributed by atoms with Gasteiger partial charge in [-0.1, -0.05) is 0 Å². The molecular weight excluding hydrogens is 276 g/mol. The topological polar surface area (TPSA) is 100 Å². The van der Waals surface area contributed by atoms with E-state index >= 15 is 0 Å². The van der Waals surface area contributed by atoms with Crippen LogP contribution in [0.1, 0.15) is 34.5 Å². The number of nitriles is 1. The summed E-state index contributed by atoms with van der Waals surface area (Å²) in [7, 11) is 3.22. The Morgan fingerprint density at radius 2 is 2.20 bits per heavy atom. The zero-order valence-corrected chi connectivity index (χ0v) is 12.6. The summed E-state index contributed by atoms with van der Waals surface area (Å²) in [5.41, 5.74) is 6.43. The van der Waals surface area contributed by atoms with Gasteiger partial charge in [0.2, 0.25) is 0 Å². The van der Waals surface area contributed by atoms with Crippen LogP contribution < -0.4 is 16.4 Å². The second-order valence-electron chi connectivity index (χ2n) is 4.22. The minimum atomic E-state index is -0.267. The molecule has 0 aliphatic heterocycles. The van der Waals surface area contributed by atoms with Crippen LogP contribution in [0.2, 0.25) is 0 Å². The summed E-state index contributed by atoms with van der Waals surface area (Å²) in [6, 6.07) is 2.05. The SMILES string of the molecule is CNC(=O)c1sc(NCCCCCOC)c(C#N)c1N. The van der Waals surface area contributed by atoms with Crippen molar-refractivity contribution < 1.29 is 9.53 Å². The van der Waals surface area contributed by atoms with Crippen LogP contribution in [0.25, 0.3) is 0 Å². The lowest BCUT2D eigenvalue weighted by Gasteiger charge is -2.04. The second-order valence-corrected chi connectivity index (χ2v) is 5.24. The van der Waals surface area contributed by atoms with Gasteiger partial charge in [-0.25, -0.2) is 0 Å². The predicted molar refractivity (Wildman–Crippen MR) is 81.1 cm³/mol. The van der Waals surface area contributed by atoms with Gasteiger partial charge in [0.15, 0.2) is 0 Å². The number of ether oxygens (including phenoxy) is 1. The number of unbranched alkanes of at least 4 members (excludes halogenated alkanes) is 2. The third-order valence-electron chi connectivity index (χ3n) is 2.80. The number of methoxy groups -OCH3 is 1. The molecule has 4 N–H and O–H groups in total. The zero-order valence-electron chi connectivity index (χ0n) is 11.8. The van der Waals surface area contributed by atoms with Crippen molar-refractivity contribution in [2.24, 2.45) is 0 Å². The molecule has 1 rings (SSSR count). The highest BCUT2D eigenvalue weighted by molar-refractivity contribution is 7.18. The molecule has 0 atom stereocenters. The van der Waals surface area contributed by atoms with Crippen molar-refractivity contribution in [2.45, 2.75) is 19.3 Å². The van der Waals surface area contributed by atoms with E-state index in [1.54, 1.807) is 7.11 Å². The summed E-state index contributed by atoms with van der Waals surface area (Å²) in [6.45, 7) is 1.50. The number of anilines is 2. The molecule has 0 aliphatic rings. The summed E-state index contributed by atoms with van der Waals surface area (Å²) < 4.78 is 4.98. The number of rotatable bonds is 8. The first-order valence-electron chi connectivity index (χ1n) is 6.43. The molecule has 0 radical (unpaired) electrons. The van der Waals surface area contributed by atoms with Gasteiger partial charge in [0, 0.05) is 27.3 Å². The van der Waals surface area contributed by atoms with Crippen LogP contribution in [0.5, 0.6) is 0 Å². The molecule has 1 heterocycles. The third kappa shape index (κ3) is 4.11. The van der Waals surface area contributed by atoms with Gasteiger partial charge in [0.1, 0.15) is 21.5 Å². The number of nitrogens with one attached hydrogen (secondary N) is 2. The van der Waals surface area contributed by atoms with E-state index in [0.29, 0.717) is 15.4 Å². The van der Waals surface area contributed by atoms with Gasteiger partial charge in [-0.3, -0.25) is 4.79 Å². The van der Waals surface area contributed by atoms with Crippen molar-refractivity contribution in [3.8, 4) is 6.07 Å². The van der Waals surface area contributed by atoms with E-state index in [0.717, 1.165) is 32.4 Å². The fourth-order valence-corrected chi connectivity index (χ4v) is 2.75. The molecule has 0 bridgehead atoms. The first-order valence-corrected chi connectivity index (χ1v) is 7.24. The number of thiophene rings is 1. The summed E-state index contributed by atoms with van der Waals surface area (Å²) in [5.74, 6) is -0.267. The van der Waals surface area contributed by atoms with Gasteiger partial charge in [-0.2, -0.15) is 5.26 Å². The van der Waals surface area contributed by atoms with Crippen LogP contribution in [-0.4, -0.2) is 33.2 Å². The molecule has 0 unspecified atom stereocenters. The predicted octanol–water partition coefficient (Wildman–Crippen LogP) is 1.79. The average molecular weight is 296 g/mol. The molecule has 1 amide bonds. The van der Waals surface area contributed by atoms with Crippen molar-refractivity contribution in [1.82, 2.24) is 5.32 Å². The minimum absolute atomic E-state index is 0.249. The molecule has 0 fully saturated rings. The maximum atomic E-state index is 11.6. The smallest absolute Gasteiger partial charge is 0.263 e. The van der Waals surface area contributed by atoms with Crippen molar-refractivity contribution in [1.29, 1.82) is 5.26 Å². The Bertz CT molecular complexity index is 493. The molecular formula is C13H20N4O2S.